The van der Waals surface area contributed by atoms with E-state index in [0.717, 1.165) is 9.87 Å². The highest BCUT2D eigenvalue weighted by Crippen LogP contribution is 2.34. The first-order valence-corrected chi connectivity index (χ1v) is 11.0. The van der Waals surface area contributed by atoms with Crippen LogP contribution < -0.4 is 19.5 Å². The average Bonchev–Trinajstić information content (AvgIpc) is 2.75. The summed E-state index contributed by atoms with van der Waals surface area (Å²) in [5.41, 5.74) is 1.64. The standard InChI is InChI=1S/C21H27N3O5S/c1-14(15-8-6-5-7-9-15)22-21(25)18-13-17(23-30(26,27)24(18)2)16-10-11-19(28-3)20(12-16)29-4/h5-12,14,17-18,23H,13H2,1-4H3,(H,22,25)/t14-,17+,18-/m1/s1. The Balaban J connectivity index is 1.83. The van der Waals surface area contributed by atoms with Crippen LogP contribution in [0.25, 0.3) is 0 Å². The van der Waals surface area contributed by atoms with Crippen LogP contribution in [0.3, 0.4) is 0 Å². The number of hydrogen-bond acceptors (Lipinski definition) is 5. The number of benzene rings is 2. The second kappa shape index (κ2) is 9.03. The van der Waals surface area contributed by atoms with Gasteiger partial charge in [0, 0.05) is 7.05 Å². The molecule has 2 aromatic rings. The second-order valence-electron chi connectivity index (χ2n) is 7.20. The topological polar surface area (TPSA) is 97.0 Å². The van der Waals surface area contributed by atoms with E-state index in [0.29, 0.717) is 17.1 Å². The van der Waals surface area contributed by atoms with Crippen molar-refractivity contribution in [3.63, 3.8) is 0 Å². The Labute approximate surface area is 177 Å². The molecule has 162 valence electrons. The number of nitrogens with zero attached hydrogens (tertiary/aromatic N) is 1. The Morgan fingerprint density at radius 3 is 2.43 bits per heavy atom. The molecule has 0 aliphatic carbocycles. The fourth-order valence-corrected chi connectivity index (χ4v) is 4.81. The second-order valence-corrected chi connectivity index (χ2v) is 8.96. The predicted molar refractivity (Wildman–Crippen MR) is 114 cm³/mol. The molecule has 1 amide bonds. The number of carbonyl (C=O) groups is 1. The molecule has 1 fully saturated rings. The first-order chi connectivity index (χ1) is 14.3. The van der Waals surface area contributed by atoms with Crippen LogP contribution in [0.5, 0.6) is 11.5 Å². The lowest BCUT2D eigenvalue weighted by atomic mass is 9.98. The Kier molecular flexibility index (Phi) is 6.64. The van der Waals surface area contributed by atoms with E-state index < -0.39 is 22.3 Å². The smallest absolute Gasteiger partial charge is 0.280 e. The number of ether oxygens (including phenoxy) is 2. The fraction of sp³-hybridized carbons (Fsp3) is 0.381. The van der Waals surface area contributed by atoms with Gasteiger partial charge in [0.2, 0.25) is 5.91 Å². The van der Waals surface area contributed by atoms with Crippen LogP contribution in [0.15, 0.2) is 48.5 Å². The van der Waals surface area contributed by atoms with E-state index in [-0.39, 0.29) is 18.4 Å². The van der Waals surface area contributed by atoms with Crippen molar-refractivity contribution in [2.24, 2.45) is 0 Å². The van der Waals surface area contributed by atoms with Crippen molar-refractivity contribution in [2.45, 2.75) is 31.5 Å². The maximum Gasteiger partial charge on any atom is 0.280 e. The number of likely N-dealkylation sites (N-methyl/N-ethyl adjacent to an activating group) is 1. The number of methoxy groups -OCH3 is 2. The molecule has 8 nitrogen and oxygen atoms in total. The highest BCUT2D eigenvalue weighted by atomic mass is 32.2. The van der Waals surface area contributed by atoms with Gasteiger partial charge in [-0.2, -0.15) is 17.4 Å². The maximum atomic E-state index is 13.0. The molecule has 0 bridgehead atoms. The Hall–Kier alpha value is -2.62. The Morgan fingerprint density at radius 1 is 1.13 bits per heavy atom. The molecule has 1 heterocycles. The molecular weight excluding hydrogens is 406 g/mol. The molecule has 1 aliphatic heterocycles. The number of rotatable bonds is 6. The molecule has 2 N–H and O–H groups in total. The first kappa shape index (κ1) is 22.1. The number of hydrogen-bond donors (Lipinski definition) is 2. The van der Waals surface area contributed by atoms with Crippen LogP contribution in [0.4, 0.5) is 0 Å². The van der Waals surface area contributed by atoms with Crippen molar-refractivity contribution >= 4 is 16.1 Å². The van der Waals surface area contributed by atoms with Crippen molar-refractivity contribution in [2.75, 3.05) is 21.3 Å². The summed E-state index contributed by atoms with van der Waals surface area (Å²) < 4.78 is 39.7. The third-order valence-electron chi connectivity index (χ3n) is 5.34. The quantitative estimate of drug-likeness (QED) is 0.728. The Morgan fingerprint density at radius 2 is 1.80 bits per heavy atom. The molecule has 1 saturated heterocycles. The molecule has 0 radical (unpaired) electrons. The highest BCUT2D eigenvalue weighted by Gasteiger charge is 2.41. The van der Waals surface area contributed by atoms with Gasteiger partial charge in [0.25, 0.3) is 10.2 Å². The van der Waals surface area contributed by atoms with Gasteiger partial charge in [-0.3, -0.25) is 4.79 Å². The van der Waals surface area contributed by atoms with E-state index in [1.807, 2.05) is 37.3 Å². The number of amides is 1. The van der Waals surface area contributed by atoms with Crippen molar-refractivity contribution in [1.29, 1.82) is 0 Å². The Bertz CT molecular complexity index is 997. The zero-order valence-electron chi connectivity index (χ0n) is 17.5. The summed E-state index contributed by atoms with van der Waals surface area (Å²) >= 11 is 0. The van der Waals surface area contributed by atoms with Gasteiger partial charge in [-0.25, -0.2) is 0 Å². The lowest BCUT2D eigenvalue weighted by Crippen LogP contribution is -2.57. The molecule has 0 spiro atoms. The predicted octanol–water partition coefficient (Wildman–Crippen LogP) is 2.16. The lowest BCUT2D eigenvalue weighted by Gasteiger charge is -2.36. The van der Waals surface area contributed by atoms with Crippen molar-refractivity contribution in [3.8, 4) is 11.5 Å². The summed E-state index contributed by atoms with van der Waals surface area (Å²) in [5.74, 6) is 0.694. The average molecular weight is 434 g/mol. The molecule has 9 heteroatoms. The molecule has 0 unspecified atom stereocenters. The molecule has 30 heavy (non-hydrogen) atoms. The maximum absolute atomic E-state index is 13.0. The van der Waals surface area contributed by atoms with E-state index in [1.54, 1.807) is 18.2 Å². The van der Waals surface area contributed by atoms with Gasteiger partial charge in [0.05, 0.1) is 26.3 Å². The van der Waals surface area contributed by atoms with Crippen molar-refractivity contribution < 1.29 is 22.7 Å². The van der Waals surface area contributed by atoms with Gasteiger partial charge in [0.1, 0.15) is 6.04 Å². The van der Waals surface area contributed by atoms with Crippen LogP contribution >= 0.6 is 0 Å². The van der Waals surface area contributed by atoms with Gasteiger partial charge in [-0.05, 0) is 36.6 Å². The van der Waals surface area contributed by atoms with Gasteiger partial charge >= 0.3 is 0 Å². The number of nitrogens with one attached hydrogen (secondary N) is 2. The molecule has 0 aromatic heterocycles. The summed E-state index contributed by atoms with van der Waals surface area (Å²) in [7, 11) is 0.616. The van der Waals surface area contributed by atoms with E-state index in [2.05, 4.69) is 10.0 Å². The minimum absolute atomic E-state index is 0.246. The van der Waals surface area contributed by atoms with Crippen LogP contribution in [0, 0.1) is 0 Å². The van der Waals surface area contributed by atoms with Gasteiger partial charge in [-0.1, -0.05) is 36.4 Å². The van der Waals surface area contributed by atoms with Crippen LogP contribution in [-0.4, -0.2) is 45.9 Å². The summed E-state index contributed by atoms with van der Waals surface area (Å²) in [6.07, 6.45) is 0.276. The van der Waals surface area contributed by atoms with E-state index in [1.165, 1.54) is 21.3 Å². The third kappa shape index (κ3) is 4.58. The van der Waals surface area contributed by atoms with Gasteiger partial charge in [0.15, 0.2) is 11.5 Å². The van der Waals surface area contributed by atoms with Gasteiger partial charge < -0.3 is 14.8 Å². The molecule has 3 atom stereocenters. The molecule has 0 saturated carbocycles. The zero-order valence-corrected chi connectivity index (χ0v) is 18.3. The largest absolute Gasteiger partial charge is 0.493 e. The fourth-order valence-electron chi connectivity index (χ4n) is 3.53. The summed E-state index contributed by atoms with van der Waals surface area (Å²) in [6.45, 7) is 1.87. The van der Waals surface area contributed by atoms with Gasteiger partial charge in [-0.15, -0.1) is 0 Å². The number of carbonyl (C=O) groups excluding carboxylic acids is 1. The molecule has 3 rings (SSSR count). The third-order valence-corrected chi connectivity index (χ3v) is 6.93. The van der Waals surface area contributed by atoms with Crippen LogP contribution in [-0.2, 0) is 15.0 Å². The zero-order chi connectivity index (χ0) is 21.9. The van der Waals surface area contributed by atoms with Crippen molar-refractivity contribution in [1.82, 2.24) is 14.3 Å². The highest BCUT2D eigenvalue weighted by molar-refractivity contribution is 7.87. The normalized spacial score (nSPS) is 22.1. The van der Waals surface area contributed by atoms with E-state index in [9.17, 15) is 13.2 Å². The van der Waals surface area contributed by atoms with Crippen molar-refractivity contribution in [3.05, 3.63) is 59.7 Å². The van der Waals surface area contributed by atoms with E-state index >= 15 is 0 Å². The first-order valence-electron chi connectivity index (χ1n) is 9.59. The molecular formula is C21H27N3O5S. The van der Waals surface area contributed by atoms with Crippen LogP contribution in [0.2, 0.25) is 0 Å². The minimum Gasteiger partial charge on any atom is -0.493 e. The monoisotopic (exact) mass is 433 g/mol. The minimum atomic E-state index is -3.84. The molecule has 2 aromatic carbocycles. The van der Waals surface area contributed by atoms with Crippen LogP contribution in [0.1, 0.15) is 36.6 Å². The van der Waals surface area contributed by atoms with E-state index in [4.69, 9.17) is 9.47 Å². The summed E-state index contributed by atoms with van der Waals surface area (Å²) in [6, 6.07) is 13.1. The SMILES string of the molecule is COc1ccc([C@@H]2C[C@H](C(=O)N[C@H](C)c3ccccc3)N(C)S(=O)(=O)N2)cc1OC. The lowest BCUT2D eigenvalue weighted by molar-refractivity contribution is -0.125. The summed E-state index contributed by atoms with van der Waals surface area (Å²) in [5, 5.41) is 2.93. The molecule has 1 aliphatic rings. The summed E-state index contributed by atoms with van der Waals surface area (Å²) in [4.78, 5) is 13.0.